The summed E-state index contributed by atoms with van der Waals surface area (Å²) in [6.07, 6.45) is -0.215. The lowest BCUT2D eigenvalue weighted by atomic mass is 9.98. The number of cyclic esters (lactones) is 1. The Morgan fingerprint density at radius 3 is 2.37 bits per heavy atom. The number of hydrogen-bond donors (Lipinski definition) is 5. The van der Waals surface area contributed by atoms with E-state index in [1.807, 2.05) is 25.1 Å². The third-order valence-corrected chi connectivity index (χ3v) is 11.3. The zero-order valence-electron chi connectivity index (χ0n) is 32.2. The van der Waals surface area contributed by atoms with E-state index in [4.69, 9.17) is 16.3 Å². The standard InChI is InChI=1S/C40H50ClN7O9/c1-22-9-6-10-25(17-22)18-29(44-40(56)43-27-12-7-11-26(41)19-27)34(50)45-33-24(3)57-39(55)31-14-8-16-47(31)36(52)23(2)42-35(51)30-13-4-5-15-46(30)37(53)32-20-28(49)21-48(32)38(33)54/h6-7,9-12,17,19,23-24,28-33,49H,4-5,8,13-16,18,20-21H2,1-3H3,(H,42,51)(H,45,50)(H2,43,44,56)/t23-,24-,28+,29-,30-,31-,32-,33-/m0/s1. The highest BCUT2D eigenvalue weighted by Gasteiger charge is 2.48. The second-order valence-corrected chi connectivity index (χ2v) is 15.8. The van der Waals surface area contributed by atoms with E-state index in [2.05, 4.69) is 21.3 Å². The number of urea groups is 1. The van der Waals surface area contributed by atoms with Gasteiger partial charge in [-0.15, -0.1) is 0 Å². The molecule has 5 N–H and O–H groups in total. The molecule has 0 spiro atoms. The number of benzene rings is 2. The Kier molecular flexibility index (Phi) is 13.0. The first-order chi connectivity index (χ1) is 27.2. The summed E-state index contributed by atoms with van der Waals surface area (Å²) < 4.78 is 5.87. The molecule has 4 fully saturated rings. The zero-order valence-corrected chi connectivity index (χ0v) is 33.0. The number of ether oxygens (including phenoxy) is 1. The maximum atomic E-state index is 14.7. The molecule has 6 rings (SSSR count). The quantitative estimate of drug-likeness (QED) is 0.269. The number of aliphatic hydroxyl groups excluding tert-OH is 1. The largest absolute Gasteiger partial charge is 0.458 e. The molecule has 306 valence electrons. The van der Waals surface area contributed by atoms with Crippen LogP contribution in [0.5, 0.6) is 0 Å². The Labute approximate surface area is 336 Å². The van der Waals surface area contributed by atoms with Crippen LogP contribution in [0.3, 0.4) is 0 Å². The fourth-order valence-corrected chi connectivity index (χ4v) is 8.35. The van der Waals surface area contributed by atoms with Gasteiger partial charge in [-0.2, -0.15) is 0 Å². The summed E-state index contributed by atoms with van der Waals surface area (Å²) in [5.41, 5.74) is 1.98. The Bertz CT molecular complexity index is 1900. The molecule has 17 heteroatoms. The molecule has 0 saturated carbocycles. The van der Waals surface area contributed by atoms with Crippen LogP contribution in [0.25, 0.3) is 0 Å². The van der Waals surface area contributed by atoms with Crippen LogP contribution in [0.15, 0.2) is 48.5 Å². The van der Waals surface area contributed by atoms with Crippen LogP contribution < -0.4 is 21.3 Å². The molecule has 0 unspecified atom stereocenters. The van der Waals surface area contributed by atoms with Crippen molar-refractivity contribution in [2.75, 3.05) is 25.0 Å². The number of nitrogens with zero attached hydrogens (tertiary/aromatic N) is 3. The molecule has 4 aliphatic heterocycles. The lowest BCUT2D eigenvalue weighted by Gasteiger charge is -2.39. The lowest BCUT2D eigenvalue weighted by molar-refractivity contribution is -0.163. The van der Waals surface area contributed by atoms with Crippen molar-refractivity contribution in [2.45, 2.75) is 114 Å². The number of hydrogen-bond acceptors (Lipinski definition) is 9. The molecule has 0 aliphatic carbocycles. The molecule has 4 aliphatic rings. The van der Waals surface area contributed by atoms with Gasteiger partial charge >= 0.3 is 12.0 Å². The van der Waals surface area contributed by atoms with Crippen LogP contribution in [0, 0.1) is 6.92 Å². The number of piperidine rings is 1. The van der Waals surface area contributed by atoms with Gasteiger partial charge in [-0.3, -0.25) is 24.0 Å². The Morgan fingerprint density at radius 1 is 0.895 bits per heavy atom. The third kappa shape index (κ3) is 9.67. The summed E-state index contributed by atoms with van der Waals surface area (Å²) in [5, 5.41) is 22.1. The molecule has 4 saturated heterocycles. The summed E-state index contributed by atoms with van der Waals surface area (Å²) in [5.74, 6) is -4.00. The minimum atomic E-state index is -1.60. The normalized spacial score (nSPS) is 27.8. The Balaban J connectivity index is 1.34. The number of carbonyl (C=O) groups excluding carboxylic acids is 7. The van der Waals surface area contributed by atoms with Crippen LogP contribution in [0.1, 0.15) is 63.5 Å². The third-order valence-electron chi connectivity index (χ3n) is 11.0. The molecule has 2 aromatic carbocycles. The smallest absolute Gasteiger partial charge is 0.329 e. The molecule has 0 bridgehead atoms. The number of aliphatic hydroxyl groups is 1. The second-order valence-electron chi connectivity index (χ2n) is 15.3. The van der Waals surface area contributed by atoms with Crippen LogP contribution in [-0.4, -0.2) is 129 Å². The van der Waals surface area contributed by atoms with Gasteiger partial charge in [0.1, 0.15) is 42.4 Å². The van der Waals surface area contributed by atoms with Gasteiger partial charge in [0.15, 0.2) is 0 Å². The van der Waals surface area contributed by atoms with Crippen LogP contribution in [-0.2, 0) is 39.9 Å². The maximum absolute atomic E-state index is 14.7. The Morgan fingerprint density at radius 2 is 1.61 bits per heavy atom. The molecular weight excluding hydrogens is 758 g/mol. The van der Waals surface area contributed by atoms with Crippen molar-refractivity contribution in [1.29, 1.82) is 0 Å². The van der Waals surface area contributed by atoms with Crippen molar-refractivity contribution in [1.82, 2.24) is 30.7 Å². The topological polar surface area (TPSA) is 207 Å². The number of aryl methyl sites for hydroxylation is 1. The number of rotatable bonds is 6. The fraction of sp³-hybridized carbons (Fsp3) is 0.525. The summed E-state index contributed by atoms with van der Waals surface area (Å²) in [4.78, 5) is 102. The van der Waals surface area contributed by atoms with Crippen LogP contribution >= 0.6 is 11.6 Å². The minimum absolute atomic E-state index is 0.00480. The number of nitrogens with one attached hydrogen (secondary N) is 4. The summed E-state index contributed by atoms with van der Waals surface area (Å²) in [6, 6.07) is 6.02. The van der Waals surface area contributed by atoms with Crippen molar-refractivity contribution < 1.29 is 43.4 Å². The van der Waals surface area contributed by atoms with Gasteiger partial charge in [-0.25, -0.2) is 9.59 Å². The van der Waals surface area contributed by atoms with Gasteiger partial charge in [-0.1, -0.05) is 47.5 Å². The van der Waals surface area contributed by atoms with E-state index in [9.17, 15) is 38.7 Å². The summed E-state index contributed by atoms with van der Waals surface area (Å²) in [7, 11) is 0. The highest BCUT2D eigenvalue weighted by atomic mass is 35.5. The van der Waals surface area contributed by atoms with E-state index < -0.39 is 90.0 Å². The molecule has 2 aromatic rings. The van der Waals surface area contributed by atoms with E-state index in [0.717, 1.165) is 5.56 Å². The van der Waals surface area contributed by atoms with Crippen molar-refractivity contribution in [3.05, 3.63) is 64.7 Å². The average molecular weight is 808 g/mol. The predicted octanol–water partition coefficient (Wildman–Crippen LogP) is 1.65. The molecule has 4 heterocycles. The van der Waals surface area contributed by atoms with Crippen molar-refractivity contribution in [3.63, 3.8) is 0 Å². The van der Waals surface area contributed by atoms with Gasteiger partial charge in [0.25, 0.3) is 0 Å². The Hall–Kier alpha value is -5.22. The van der Waals surface area contributed by atoms with Gasteiger partial charge in [0.2, 0.25) is 29.5 Å². The highest BCUT2D eigenvalue weighted by Crippen LogP contribution is 2.28. The minimum Gasteiger partial charge on any atom is -0.458 e. The monoisotopic (exact) mass is 807 g/mol. The lowest BCUT2D eigenvalue weighted by Crippen LogP contribution is -2.63. The number of amides is 7. The molecule has 16 nitrogen and oxygen atoms in total. The van der Waals surface area contributed by atoms with Crippen molar-refractivity contribution in [2.24, 2.45) is 0 Å². The molecule has 7 amide bonds. The first-order valence-electron chi connectivity index (χ1n) is 19.5. The first kappa shape index (κ1) is 41.4. The van der Waals surface area contributed by atoms with E-state index in [1.54, 1.807) is 24.3 Å². The molecular formula is C40H50ClN7O9. The van der Waals surface area contributed by atoms with Gasteiger partial charge < -0.3 is 45.8 Å². The molecule has 0 radical (unpaired) electrons. The van der Waals surface area contributed by atoms with Gasteiger partial charge in [0.05, 0.1) is 6.10 Å². The van der Waals surface area contributed by atoms with Crippen LogP contribution in [0.2, 0.25) is 5.02 Å². The molecule has 0 aromatic heterocycles. The first-order valence-corrected chi connectivity index (χ1v) is 19.9. The second kappa shape index (κ2) is 17.9. The number of halogens is 1. The number of esters is 1. The van der Waals surface area contributed by atoms with E-state index in [1.165, 1.54) is 34.6 Å². The summed E-state index contributed by atoms with van der Waals surface area (Å²) >= 11 is 6.11. The summed E-state index contributed by atoms with van der Waals surface area (Å²) in [6.45, 7) is 5.02. The van der Waals surface area contributed by atoms with Crippen molar-refractivity contribution >= 4 is 58.8 Å². The highest BCUT2D eigenvalue weighted by molar-refractivity contribution is 6.30. The van der Waals surface area contributed by atoms with E-state index in [-0.39, 0.29) is 38.9 Å². The molecule has 57 heavy (non-hydrogen) atoms. The zero-order chi connectivity index (χ0) is 41.0. The van der Waals surface area contributed by atoms with Crippen LogP contribution in [0.4, 0.5) is 10.5 Å². The maximum Gasteiger partial charge on any atom is 0.329 e. The van der Waals surface area contributed by atoms with Gasteiger partial charge in [0, 0.05) is 43.2 Å². The number of fused-ring (bicyclic) bond motifs is 3. The predicted molar refractivity (Wildman–Crippen MR) is 208 cm³/mol. The van der Waals surface area contributed by atoms with E-state index in [0.29, 0.717) is 42.0 Å². The van der Waals surface area contributed by atoms with Gasteiger partial charge in [-0.05, 0) is 76.6 Å². The van der Waals surface area contributed by atoms with E-state index >= 15 is 0 Å². The fourth-order valence-electron chi connectivity index (χ4n) is 8.16. The average Bonchev–Trinajstić information content (AvgIpc) is 3.83. The van der Waals surface area contributed by atoms with Crippen molar-refractivity contribution in [3.8, 4) is 0 Å². The molecule has 8 atom stereocenters. The SMILES string of the molecule is Cc1cccc(C[C@H](NC(=O)Nc2cccc(Cl)c2)C(=O)N[C@@H]2C(=O)N3C[C@H](O)C[C@H]3C(=O)N3CCCC[C@H]3C(=O)N[C@@H](C)C(=O)N3CCC[C@H]3C(=O)O[C@H]2C)c1. The number of anilines is 1. The number of carbonyl (C=O) groups is 7.